The first-order chi connectivity index (χ1) is 14.7. The van der Waals surface area contributed by atoms with Crippen LogP contribution in [-0.2, 0) is 31.0 Å². The average molecular weight is 514 g/mol. The van der Waals surface area contributed by atoms with Gasteiger partial charge in [0.1, 0.15) is 10.3 Å². The number of carbonyl (C=O) groups excluding carboxylic acids is 1. The summed E-state index contributed by atoms with van der Waals surface area (Å²) < 4.78 is 89.7. The van der Waals surface area contributed by atoms with E-state index >= 15 is 0 Å². The lowest BCUT2D eigenvalue weighted by Gasteiger charge is -2.37. The van der Waals surface area contributed by atoms with Crippen LogP contribution in [0.5, 0.6) is 0 Å². The number of piperazine rings is 1. The number of sulfonamides is 2. The Bertz CT molecular complexity index is 1210. The predicted octanol–water partition coefficient (Wildman–Crippen LogP) is 1.57. The first-order valence-corrected chi connectivity index (χ1v) is 13.0. The van der Waals surface area contributed by atoms with Gasteiger partial charge < -0.3 is 0 Å². The van der Waals surface area contributed by atoms with Crippen LogP contribution in [0.2, 0.25) is 0 Å². The Labute approximate surface area is 186 Å². The second-order valence-corrected chi connectivity index (χ2v) is 12.1. The molecule has 32 heavy (non-hydrogen) atoms. The molecule has 3 rings (SSSR count). The molecule has 0 spiro atoms. The molecule has 0 saturated carbocycles. The summed E-state index contributed by atoms with van der Waals surface area (Å²) in [7, 11) is -7.98. The average Bonchev–Trinajstić information content (AvgIpc) is 3.22. The molecule has 0 aliphatic carbocycles. The zero-order chi connectivity index (χ0) is 23.9. The van der Waals surface area contributed by atoms with Crippen LogP contribution in [0.4, 0.5) is 13.2 Å². The number of nitrogens with zero attached hydrogens (tertiary/aromatic N) is 2. The van der Waals surface area contributed by atoms with Gasteiger partial charge in [-0.15, -0.1) is 11.3 Å². The highest BCUT2D eigenvalue weighted by atomic mass is 32.2. The number of hydrogen-bond donors (Lipinski definition) is 2. The number of halogens is 3. The van der Waals surface area contributed by atoms with E-state index in [1.165, 1.54) is 29.7 Å². The van der Waals surface area contributed by atoms with E-state index in [2.05, 4.69) is 0 Å². The van der Waals surface area contributed by atoms with Gasteiger partial charge in [-0.05, 0) is 29.8 Å². The van der Waals surface area contributed by atoms with E-state index in [1.54, 1.807) is 0 Å². The Hall–Kier alpha value is -2.04. The molecule has 176 valence electrons. The molecule has 15 heteroatoms. The van der Waals surface area contributed by atoms with Gasteiger partial charge in [0.25, 0.3) is 15.9 Å². The molecule has 0 radical (unpaired) electrons. The fourth-order valence-electron chi connectivity index (χ4n) is 3.17. The van der Waals surface area contributed by atoms with E-state index in [-0.39, 0.29) is 17.3 Å². The van der Waals surface area contributed by atoms with Crippen molar-refractivity contribution in [3.05, 3.63) is 42.0 Å². The molecule has 0 bridgehead atoms. The largest absolute Gasteiger partial charge is 0.416 e. The Morgan fingerprint density at radius 1 is 1.09 bits per heavy atom. The second kappa shape index (κ2) is 8.72. The van der Waals surface area contributed by atoms with Gasteiger partial charge >= 0.3 is 6.18 Å². The first kappa shape index (κ1) is 24.6. The van der Waals surface area contributed by atoms with Gasteiger partial charge in [-0.1, -0.05) is 12.1 Å². The number of thiophene rings is 1. The molecule has 1 atom stereocenters. The van der Waals surface area contributed by atoms with Crippen molar-refractivity contribution in [2.75, 3.05) is 25.9 Å². The molecule has 1 aromatic heterocycles. The van der Waals surface area contributed by atoms with E-state index in [4.69, 9.17) is 5.21 Å². The SMILES string of the molecule is CS(=O)(=O)N1CCN(S(=O)(=O)c2ccc(-c3ccc(C(F)(F)F)cc3)s2)[C@@H](C(=O)NO)C1. The zero-order valence-corrected chi connectivity index (χ0v) is 18.9. The number of carbonyl (C=O) groups is 1. The van der Waals surface area contributed by atoms with Gasteiger partial charge in [0.15, 0.2) is 0 Å². The van der Waals surface area contributed by atoms with E-state index < -0.39 is 50.3 Å². The standard InChI is InChI=1S/C17H18F3N3O6S3/c1-31(26,27)22-8-9-23(13(10-22)16(24)21-25)32(28,29)15-7-6-14(30-15)11-2-4-12(5-3-11)17(18,19)20/h2-7,13,25H,8-10H2,1H3,(H,21,24)/t13-/m1/s1. The van der Waals surface area contributed by atoms with Crippen molar-refractivity contribution in [3.8, 4) is 10.4 Å². The van der Waals surface area contributed by atoms with E-state index in [9.17, 15) is 34.8 Å². The fourth-order valence-corrected chi connectivity index (χ4v) is 7.01. The van der Waals surface area contributed by atoms with E-state index in [0.29, 0.717) is 10.4 Å². The smallest absolute Gasteiger partial charge is 0.289 e. The number of amides is 1. The van der Waals surface area contributed by atoms with E-state index in [0.717, 1.165) is 38.3 Å². The van der Waals surface area contributed by atoms with Crippen LogP contribution in [0.3, 0.4) is 0 Å². The summed E-state index contributed by atoms with van der Waals surface area (Å²) in [5.74, 6) is -1.10. The molecule has 2 heterocycles. The normalized spacial score (nSPS) is 19.1. The lowest BCUT2D eigenvalue weighted by molar-refractivity contribution is -0.137. The number of alkyl halides is 3. The molecule has 1 saturated heterocycles. The van der Waals surface area contributed by atoms with Crippen LogP contribution in [0.1, 0.15) is 5.56 Å². The third-order valence-corrected chi connectivity index (χ3v) is 9.60. The maximum atomic E-state index is 13.2. The van der Waals surface area contributed by atoms with Crippen molar-refractivity contribution in [2.45, 2.75) is 16.4 Å². The molecule has 1 aliphatic heterocycles. The minimum atomic E-state index is -4.50. The molecule has 2 N–H and O–H groups in total. The van der Waals surface area contributed by atoms with Crippen LogP contribution in [0.15, 0.2) is 40.6 Å². The second-order valence-electron chi connectivity index (χ2n) is 6.92. The summed E-state index contributed by atoms with van der Waals surface area (Å²) in [5, 5.41) is 9.00. The van der Waals surface area contributed by atoms with Gasteiger partial charge in [0.2, 0.25) is 10.0 Å². The molecule has 0 unspecified atom stereocenters. The maximum Gasteiger partial charge on any atom is 0.416 e. The minimum absolute atomic E-state index is 0.184. The van der Waals surface area contributed by atoms with Crippen LogP contribution in [-0.4, -0.2) is 68.5 Å². The Kier molecular flexibility index (Phi) is 6.70. The molecule has 2 aromatic rings. The summed E-state index contributed by atoms with van der Waals surface area (Å²) in [5.41, 5.74) is 0.884. The first-order valence-electron chi connectivity index (χ1n) is 8.93. The van der Waals surface area contributed by atoms with Gasteiger partial charge in [-0.2, -0.15) is 21.8 Å². The monoisotopic (exact) mass is 513 g/mol. The third-order valence-electron chi connectivity index (χ3n) is 4.82. The Morgan fingerprint density at radius 3 is 2.25 bits per heavy atom. The van der Waals surface area contributed by atoms with Crippen LogP contribution in [0.25, 0.3) is 10.4 Å². The van der Waals surface area contributed by atoms with Crippen molar-refractivity contribution < 1.29 is 40.0 Å². The van der Waals surface area contributed by atoms with Crippen molar-refractivity contribution in [1.82, 2.24) is 14.1 Å². The number of hydrogen-bond acceptors (Lipinski definition) is 7. The summed E-state index contributed by atoms with van der Waals surface area (Å²) in [6.45, 7) is -1.01. The molecular weight excluding hydrogens is 495 g/mol. The summed E-state index contributed by atoms with van der Waals surface area (Å²) >= 11 is 0.791. The topological polar surface area (TPSA) is 124 Å². The van der Waals surface area contributed by atoms with Gasteiger partial charge in [0, 0.05) is 24.5 Å². The molecule has 1 fully saturated rings. The Balaban J connectivity index is 1.91. The predicted molar refractivity (Wildman–Crippen MR) is 109 cm³/mol. The molecule has 9 nitrogen and oxygen atoms in total. The van der Waals surface area contributed by atoms with Crippen LogP contribution >= 0.6 is 11.3 Å². The Morgan fingerprint density at radius 2 is 1.72 bits per heavy atom. The van der Waals surface area contributed by atoms with Crippen molar-refractivity contribution in [2.24, 2.45) is 0 Å². The van der Waals surface area contributed by atoms with Crippen molar-refractivity contribution >= 4 is 37.3 Å². The van der Waals surface area contributed by atoms with Gasteiger partial charge in [-0.25, -0.2) is 22.3 Å². The van der Waals surface area contributed by atoms with Gasteiger partial charge in [0.05, 0.1) is 11.8 Å². The zero-order valence-electron chi connectivity index (χ0n) is 16.4. The molecule has 1 amide bonds. The molecule has 1 aromatic carbocycles. The lowest BCUT2D eigenvalue weighted by atomic mass is 10.1. The summed E-state index contributed by atoms with van der Waals surface area (Å²) in [6.07, 6.45) is -3.58. The fraction of sp³-hybridized carbons (Fsp3) is 0.353. The van der Waals surface area contributed by atoms with Crippen molar-refractivity contribution in [1.29, 1.82) is 0 Å². The quantitative estimate of drug-likeness (QED) is 0.462. The molecule has 1 aliphatic rings. The number of nitrogens with one attached hydrogen (secondary N) is 1. The highest BCUT2D eigenvalue weighted by Gasteiger charge is 2.42. The summed E-state index contributed by atoms with van der Waals surface area (Å²) in [4.78, 5) is 12.5. The number of rotatable bonds is 5. The highest BCUT2D eigenvalue weighted by Crippen LogP contribution is 2.36. The van der Waals surface area contributed by atoms with Crippen molar-refractivity contribution in [3.63, 3.8) is 0 Å². The minimum Gasteiger partial charge on any atom is -0.289 e. The van der Waals surface area contributed by atoms with Crippen LogP contribution < -0.4 is 5.48 Å². The number of hydroxylamine groups is 1. The molecular formula is C17H18F3N3O6S3. The van der Waals surface area contributed by atoms with Crippen LogP contribution in [0, 0.1) is 0 Å². The maximum absolute atomic E-state index is 13.2. The van der Waals surface area contributed by atoms with E-state index in [1.807, 2.05) is 0 Å². The summed E-state index contributed by atoms with van der Waals surface area (Å²) in [6, 6.07) is 5.38. The van der Waals surface area contributed by atoms with Gasteiger partial charge in [-0.3, -0.25) is 10.0 Å². The highest BCUT2D eigenvalue weighted by molar-refractivity contribution is 7.91. The lowest BCUT2D eigenvalue weighted by Crippen LogP contribution is -2.60. The third kappa shape index (κ3) is 4.97. The number of benzene rings is 1.